The van der Waals surface area contributed by atoms with E-state index in [0.29, 0.717) is 6.42 Å². The van der Waals surface area contributed by atoms with Crippen molar-refractivity contribution in [1.29, 1.82) is 0 Å². The van der Waals surface area contributed by atoms with Crippen LogP contribution in [0.5, 0.6) is 0 Å². The summed E-state index contributed by atoms with van der Waals surface area (Å²) in [7, 11) is 0. The lowest BCUT2D eigenvalue weighted by Gasteiger charge is -2.28. The van der Waals surface area contributed by atoms with Crippen molar-refractivity contribution in [2.45, 2.75) is 58.5 Å². The monoisotopic (exact) mass is 260 g/mol. The Morgan fingerprint density at radius 3 is 2.26 bits per heavy atom. The molecule has 1 heteroatoms. The van der Waals surface area contributed by atoms with E-state index in [9.17, 15) is 4.39 Å². The van der Waals surface area contributed by atoms with E-state index in [4.69, 9.17) is 0 Å². The molecule has 1 aromatic rings. The third-order valence-corrected chi connectivity index (χ3v) is 4.49. The summed E-state index contributed by atoms with van der Waals surface area (Å²) in [4.78, 5) is 0. The zero-order valence-electron chi connectivity index (χ0n) is 12.4. The van der Waals surface area contributed by atoms with Crippen LogP contribution < -0.4 is 0 Å². The topological polar surface area (TPSA) is 0 Å². The van der Waals surface area contributed by atoms with Gasteiger partial charge in [0.2, 0.25) is 0 Å². The quantitative estimate of drug-likeness (QED) is 0.607. The molecule has 104 valence electrons. The van der Waals surface area contributed by atoms with Gasteiger partial charge in [-0.3, -0.25) is 0 Å². The smallest absolute Gasteiger partial charge is 0.138 e. The van der Waals surface area contributed by atoms with Gasteiger partial charge in [0.1, 0.15) is 5.67 Å². The minimum atomic E-state index is -1.19. The maximum absolute atomic E-state index is 14.9. The fourth-order valence-electron chi connectivity index (χ4n) is 2.71. The molecule has 1 fully saturated rings. The molecule has 19 heavy (non-hydrogen) atoms. The third kappa shape index (κ3) is 3.08. The first-order chi connectivity index (χ1) is 9.06. The zero-order valence-corrected chi connectivity index (χ0v) is 12.4. The van der Waals surface area contributed by atoms with E-state index in [1.807, 2.05) is 32.9 Å². The molecule has 1 atom stereocenters. The van der Waals surface area contributed by atoms with Crippen molar-refractivity contribution in [1.82, 2.24) is 0 Å². The maximum atomic E-state index is 14.9. The molecule has 0 saturated heterocycles. The van der Waals surface area contributed by atoms with Crippen LogP contribution in [0.25, 0.3) is 0 Å². The molecule has 0 radical (unpaired) electrons. The Bertz CT molecular complexity index is 435. The van der Waals surface area contributed by atoms with Crippen molar-refractivity contribution in [3.8, 4) is 0 Å². The second kappa shape index (κ2) is 5.90. The maximum Gasteiger partial charge on any atom is 0.138 e. The molecule has 0 bridgehead atoms. The summed E-state index contributed by atoms with van der Waals surface area (Å²) in [6.45, 7) is 5.84. The van der Waals surface area contributed by atoms with Gasteiger partial charge in [0.25, 0.3) is 0 Å². The van der Waals surface area contributed by atoms with Gasteiger partial charge in [-0.05, 0) is 49.1 Å². The number of halogens is 1. The van der Waals surface area contributed by atoms with E-state index in [2.05, 4.69) is 18.2 Å². The lowest BCUT2D eigenvalue weighted by atomic mass is 9.82. The Kier molecular flexibility index (Phi) is 4.44. The summed E-state index contributed by atoms with van der Waals surface area (Å²) >= 11 is 0. The number of allylic oxidation sites excluding steroid dienone is 2. The van der Waals surface area contributed by atoms with Gasteiger partial charge in [-0.15, -0.1) is 0 Å². The normalized spacial score (nSPS) is 18.1. The van der Waals surface area contributed by atoms with Gasteiger partial charge < -0.3 is 0 Å². The summed E-state index contributed by atoms with van der Waals surface area (Å²) in [5.74, 6) is 0.0143. The van der Waals surface area contributed by atoms with Crippen molar-refractivity contribution in [2.24, 2.45) is 5.92 Å². The summed E-state index contributed by atoms with van der Waals surface area (Å²) in [6.07, 6.45) is 7.75. The first kappa shape index (κ1) is 14.3. The SMILES string of the molecule is CCC(F)(c1ccc(CC=C2CCC2)cc1)C(C)C. The van der Waals surface area contributed by atoms with Crippen molar-refractivity contribution in [2.75, 3.05) is 0 Å². The Balaban J connectivity index is 2.08. The highest BCUT2D eigenvalue weighted by Crippen LogP contribution is 2.37. The molecule has 0 spiro atoms. The highest BCUT2D eigenvalue weighted by molar-refractivity contribution is 5.29. The lowest BCUT2D eigenvalue weighted by molar-refractivity contribution is 0.0935. The highest BCUT2D eigenvalue weighted by atomic mass is 19.1. The van der Waals surface area contributed by atoms with E-state index < -0.39 is 5.67 Å². The highest BCUT2D eigenvalue weighted by Gasteiger charge is 2.33. The zero-order chi connectivity index (χ0) is 13.9. The van der Waals surface area contributed by atoms with Gasteiger partial charge in [0.05, 0.1) is 0 Å². The van der Waals surface area contributed by atoms with Crippen LogP contribution in [0.1, 0.15) is 57.6 Å². The van der Waals surface area contributed by atoms with E-state index in [1.54, 1.807) is 5.57 Å². The molecule has 0 aliphatic heterocycles. The minimum Gasteiger partial charge on any atom is -0.238 e. The van der Waals surface area contributed by atoms with Crippen molar-refractivity contribution in [3.05, 3.63) is 47.0 Å². The number of hydrogen-bond acceptors (Lipinski definition) is 0. The van der Waals surface area contributed by atoms with Gasteiger partial charge in [0, 0.05) is 0 Å². The summed E-state index contributed by atoms with van der Waals surface area (Å²) in [5.41, 5.74) is 2.50. The average Bonchev–Trinajstić information content (AvgIpc) is 2.36. The van der Waals surface area contributed by atoms with Crippen molar-refractivity contribution < 1.29 is 4.39 Å². The molecular weight excluding hydrogens is 235 g/mol. The Hall–Kier alpha value is -1.11. The first-order valence-corrected chi connectivity index (χ1v) is 7.52. The fourth-order valence-corrected chi connectivity index (χ4v) is 2.71. The van der Waals surface area contributed by atoms with Gasteiger partial charge in [0.15, 0.2) is 0 Å². The molecule has 0 heterocycles. The lowest BCUT2D eigenvalue weighted by Crippen LogP contribution is -2.25. The Morgan fingerprint density at radius 1 is 1.21 bits per heavy atom. The molecule has 0 amide bonds. The molecule has 0 aromatic heterocycles. The third-order valence-electron chi connectivity index (χ3n) is 4.49. The molecule has 1 unspecified atom stereocenters. The molecule has 1 aliphatic carbocycles. The average molecular weight is 260 g/mol. The van der Waals surface area contributed by atoms with E-state index >= 15 is 0 Å². The van der Waals surface area contributed by atoms with E-state index in [0.717, 1.165) is 12.0 Å². The number of benzene rings is 1. The van der Waals surface area contributed by atoms with Crippen LogP contribution in [0.3, 0.4) is 0 Å². The van der Waals surface area contributed by atoms with Crippen LogP contribution in [0.2, 0.25) is 0 Å². The van der Waals surface area contributed by atoms with Crippen LogP contribution in [-0.2, 0) is 12.1 Å². The van der Waals surface area contributed by atoms with E-state index in [1.165, 1.54) is 24.8 Å². The molecule has 2 rings (SSSR count). The van der Waals surface area contributed by atoms with Gasteiger partial charge in [-0.1, -0.05) is 56.7 Å². The Morgan fingerprint density at radius 2 is 1.84 bits per heavy atom. The summed E-state index contributed by atoms with van der Waals surface area (Å²) in [6, 6.07) is 8.10. The van der Waals surface area contributed by atoms with Gasteiger partial charge in [-0.2, -0.15) is 0 Å². The van der Waals surface area contributed by atoms with E-state index in [-0.39, 0.29) is 5.92 Å². The van der Waals surface area contributed by atoms with Crippen LogP contribution in [-0.4, -0.2) is 0 Å². The van der Waals surface area contributed by atoms with Crippen molar-refractivity contribution >= 4 is 0 Å². The molecule has 1 aromatic carbocycles. The minimum absolute atomic E-state index is 0.0143. The fraction of sp³-hybridized carbons (Fsp3) is 0.556. The standard InChI is InChI=1S/C18H25F/c1-4-18(19,14(2)3)17-12-10-16(11-13-17)9-8-15-6-5-7-15/h8,10-14H,4-7,9H2,1-3H3. The summed E-state index contributed by atoms with van der Waals surface area (Å²) < 4.78 is 14.9. The molecule has 0 N–H and O–H groups in total. The van der Waals surface area contributed by atoms with Crippen LogP contribution >= 0.6 is 0 Å². The molecular formula is C18H25F. The second-order valence-electron chi connectivity index (χ2n) is 5.99. The molecule has 0 nitrogen and oxygen atoms in total. The number of rotatable bonds is 5. The molecule has 1 aliphatic rings. The van der Waals surface area contributed by atoms with Crippen LogP contribution in [0.15, 0.2) is 35.9 Å². The predicted molar refractivity (Wildman–Crippen MR) is 80.0 cm³/mol. The number of hydrogen-bond donors (Lipinski definition) is 0. The largest absolute Gasteiger partial charge is 0.238 e. The summed E-state index contributed by atoms with van der Waals surface area (Å²) in [5, 5.41) is 0. The first-order valence-electron chi connectivity index (χ1n) is 7.52. The van der Waals surface area contributed by atoms with Crippen LogP contribution in [0.4, 0.5) is 4.39 Å². The second-order valence-corrected chi connectivity index (χ2v) is 5.99. The predicted octanol–water partition coefficient (Wildman–Crippen LogP) is 5.57. The number of alkyl halides is 1. The van der Waals surface area contributed by atoms with Gasteiger partial charge >= 0.3 is 0 Å². The van der Waals surface area contributed by atoms with Gasteiger partial charge in [-0.25, -0.2) is 4.39 Å². The molecule has 1 saturated carbocycles. The Labute approximate surface area is 116 Å². The van der Waals surface area contributed by atoms with Crippen LogP contribution in [0, 0.1) is 5.92 Å². The van der Waals surface area contributed by atoms with Crippen molar-refractivity contribution in [3.63, 3.8) is 0 Å².